The van der Waals surface area contributed by atoms with Crippen molar-refractivity contribution in [3.63, 3.8) is 0 Å². The topological polar surface area (TPSA) is 63.1 Å². The lowest BCUT2D eigenvalue weighted by molar-refractivity contribution is -0.121. The van der Waals surface area contributed by atoms with Gasteiger partial charge >= 0.3 is 0 Å². The lowest BCUT2D eigenvalue weighted by Gasteiger charge is -2.33. The summed E-state index contributed by atoms with van der Waals surface area (Å²) >= 11 is 0. The first-order valence-corrected chi connectivity index (χ1v) is 11.0. The van der Waals surface area contributed by atoms with Crippen LogP contribution in [0.5, 0.6) is 0 Å². The quantitative estimate of drug-likeness (QED) is 0.657. The van der Waals surface area contributed by atoms with Gasteiger partial charge in [-0.3, -0.25) is 14.4 Å². The summed E-state index contributed by atoms with van der Waals surface area (Å²) in [6.45, 7) is 3.99. The van der Waals surface area contributed by atoms with E-state index in [1.54, 1.807) is 11.0 Å². The van der Waals surface area contributed by atoms with Gasteiger partial charge in [-0.05, 0) is 66.6 Å². The number of aromatic nitrogens is 3. The number of fused-ring (bicyclic) bond motifs is 1. The maximum atomic E-state index is 12.3. The standard InChI is InChI=1S/C24H29N5O/c30-23(6-3-11-29-18-25-17-26-29)27-22-15-24(22)9-12-28(13-10-24)16-19-7-8-20-4-1-2-5-21(20)14-19/h1-2,4-5,7-8,14,17-18,22H,3,6,9-13,15-16H2,(H,27,30). The van der Waals surface area contributed by atoms with Crippen molar-refractivity contribution in [2.75, 3.05) is 13.1 Å². The minimum atomic E-state index is 0.176. The van der Waals surface area contributed by atoms with E-state index in [1.165, 1.54) is 35.5 Å². The Hall–Kier alpha value is -2.73. The zero-order valence-electron chi connectivity index (χ0n) is 17.3. The first-order valence-electron chi connectivity index (χ1n) is 11.0. The van der Waals surface area contributed by atoms with Crippen LogP contribution >= 0.6 is 0 Å². The molecule has 6 nitrogen and oxygen atoms in total. The van der Waals surface area contributed by atoms with Gasteiger partial charge in [-0.15, -0.1) is 0 Å². The van der Waals surface area contributed by atoms with Gasteiger partial charge in [-0.25, -0.2) is 4.98 Å². The second kappa shape index (κ2) is 8.19. The third-order valence-electron chi connectivity index (χ3n) is 6.85. The highest BCUT2D eigenvalue weighted by Gasteiger charge is 2.55. The molecule has 1 saturated carbocycles. The number of piperidine rings is 1. The molecule has 1 N–H and O–H groups in total. The molecule has 30 heavy (non-hydrogen) atoms. The molecule has 1 atom stereocenters. The van der Waals surface area contributed by atoms with E-state index in [1.807, 2.05) is 0 Å². The summed E-state index contributed by atoms with van der Waals surface area (Å²) < 4.78 is 1.77. The summed E-state index contributed by atoms with van der Waals surface area (Å²) in [5.41, 5.74) is 1.74. The Morgan fingerprint density at radius 3 is 2.77 bits per heavy atom. The fourth-order valence-electron chi connectivity index (χ4n) is 4.87. The van der Waals surface area contributed by atoms with Gasteiger partial charge in [-0.1, -0.05) is 36.4 Å². The second-order valence-corrected chi connectivity index (χ2v) is 8.91. The van der Waals surface area contributed by atoms with Crippen molar-refractivity contribution >= 4 is 16.7 Å². The maximum absolute atomic E-state index is 12.3. The van der Waals surface area contributed by atoms with E-state index in [4.69, 9.17) is 0 Å². The molecule has 5 rings (SSSR count). The molecule has 2 fully saturated rings. The average Bonchev–Trinajstić information content (AvgIpc) is 3.15. The molecule has 2 heterocycles. The second-order valence-electron chi connectivity index (χ2n) is 8.91. The molecule has 1 spiro atoms. The van der Waals surface area contributed by atoms with Crippen LogP contribution in [-0.4, -0.2) is 44.7 Å². The Bertz CT molecular complexity index is 1010. The largest absolute Gasteiger partial charge is 0.353 e. The molecule has 3 aromatic rings. The number of likely N-dealkylation sites (tertiary alicyclic amines) is 1. The molecule has 2 aliphatic rings. The molecular formula is C24H29N5O. The van der Waals surface area contributed by atoms with E-state index in [-0.39, 0.29) is 5.91 Å². The van der Waals surface area contributed by atoms with Crippen LogP contribution in [0.4, 0.5) is 0 Å². The predicted octanol–water partition coefficient (Wildman–Crippen LogP) is 3.38. The Morgan fingerprint density at radius 1 is 1.13 bits per heavy atom. The van der Waals surface area contributed by atoms with Crippen molar-refractivity contribution in [3.8, 4) is 0 Å². The summed E-state index contributed by atoms with van der Waals surface area (Å²) in [6.07, 6.45) is 8.09. The number of aryl methyl sites for hydroxylation is 1. The van der Waals surface area contributed by atoms with Gasteiger partial charge in [0.15, 0.2) is 0 Å². The number of amides is 1. The Balaban J connectivity index is 1.06. The van der Waals surface area contributed by atoms with Crippen LogP contribution in [0.1, 0.15) is 37.7 Å². The van der Waals surface area contributed by atoms with Crippen molar-refractivity contribution in [2.24, 2.45) is 5.41 Å². The number of hydrogen-bond donors (Lipinski definition) is 1. The van der Waals surface area contributed by atoms with Crippen LogP contribution in [0, 0.1) is 5.41 Å². The van der Waals surface area contributed by atoms with E-state index in [2.05, 4.69) is 62.8 Å². The van der Waals surface area contributed by atoms with E-state index >= 15 is 0 Å². The van der Waals surface area contributed by atoms with Crippen LogP contribution in [0.2, 0.25) is 0 Å². The highest BCUT2D eigenvalue weighted by Crippen LogP contribution is 2.54. The minimum absolute atomic E-state index is 0.176. The third kappa shape index (κ3) is 4.24. The summed E-state index contributed by atoms with van der Waals surface area (Å²) in [6, 6.07) is 15.7. The molecule has 1 aliphatic heterocycles. The molecule has 1 saturated heterocycles. The Labute approximate surface area is 177 Å². The van der Waals surface area contributed by atoms with E-state index < -0.39 is 0 Å². The SMILES string of the molecule is O=C(CCCn1cncn1)NC1CC12CCN(Cc1ccc3ccccc3c1)CC2. The number of carbonyl (C=O) groups is 1. The van der Waals surface area contributed by atoms with Crippen molar-refractivity contribution in [1.82, 2.24) is 25.0 Å². The summed E-state index contributed by atoms with van der Waals surface area (Å²) in [7, 11) is 0. The fraction of sp³-hybridized carbons (Fsp3) is 0.458. The smallest absolute Gasteiger partial charge is 0.220 e. The van der Waals surface area contributed by atoms with Crippen molar-refractivity contribution in [2.45, 2.75) is 51.2 Å². The molecule has 156 valence electrons. The van der Waals surface area contributed by atoms with Gasteiger partial charge in [0.2, 0.25) is 5.91 Å². The Kier molecular flexibility index (Phi) is 5.25. The maximum Gasteiger partial charge on any atom is 0.220 e. The van der Waals surface area contributed by atoms with Crippen molar-refractivity contribution in [1.29, 1.82) is 0 Å². The van der Waals surface area contributed by atoms with Crippen LogP contribution in [0.3, 0.4) is 0 Å². The summed E-state index contributed by atoms with van der Waals surface area (Å²) in [5.74, 6) is 0.176. The number of nitrogens with one attached hydrogen (secondary N) is 1. The number of hydrogen-bond acceptors (Lipinski definition) is 4. The average molecular weight is 404 g/mol. The molecule has 1 unspecified atom stereocenters. The minimum Gasteiger partial charge on any atom is -0.353 e. The molecule has 1 aromatic heterocycles. The van der Waals surface area contributed by atoms with Crippen LogP contribution in [0.25, 0.3) is 10.8 Å². The highest BCUT2D eigenvalue weighted by atomic mass is 16.1. The monoisotopic (exact) mass is 403 g/mol. The van der Waals surface area contributed by atoms with Gasteiger partial charge < -0.3 is 5.32 Å². The Morgan fingerprint density at radius 2 is 1.97 bits per heavy atom. The normalized spacial score (nSPS) is 20.5. The molecule has 1 amide bonds. The molecule has 6 heteroatoms. The first kappa shape index (κ1) is 19.2. The van der Waals surface area contributed by atoms with Gasteiger partial charge in [0.05, 0.1) is 0 Å². The number of carbonyl (C=O) groups excluding carboxylic acids is 1. The van der Waals surface area contributed by atoms with Gasteiger partial charge in [0.25, 0.3) is 0 Å². The molecule has 2 aromatic carbocycles. The summed E-state index contributed by atoms with van der Waals surface area (Å²) in [4.78, 5) is 18.8. The van der Waals surface area contributed by atoms with Gasteiger partial charge in [0.1, 0.15) is 12.7 Å². The number of nitrogens with zero attached hydrogens (tertiary/aromatic N) is 4. The van der Waals surface area contributed by atoms with E-state index in [9.17, 15) is 4.79 Å². The third-order valence-corrected chi connectivity index (χ3v) is 6.85. The lowest BCUT2D eigenvalue weighted by atomic mass is 9.92. The summed E-state index contributed by atoms with van der Waals surface area (Å²) in [5, 5.41) is 9.97. The van der Waals surface area contributed by atoms with Crippen molar-refractivity contribution in [3.05, 3.63) is 60.7 Å². The molecule has 0 radical (unpaired) electrons. The van der Waals surface area contributed by atoms with E-state index in [0.29, 0.717) is 17.9 Å². The van der Waals surface area contributed by atoms with Crippen LogP contribution in [-0.2, 0) is 17.9 Å². The highest BCUT2D eigenvalue weighted by molar-refractivity contribution is 5.83. The van der Waals surface area contributed by atoms with Crippen molar-refractivity contribution < 1.29 is 4.79 Å². The fourth-order valence-corrected chi connectivity index (χ4v) is 4.87. The lowest BCUT2D eigenvalue weighted by Crippen LogP contribution is -2.38. The predicted molar refractivity (Wildman–Crippen MR) is 117 cm³/mol. The molecular weight excluding hydrogens is 374 g/mol. The zero-order valence-corrected chi connectivity index (χ0v) is 17.3. The van der Waals surface area contributed by atoms with Crippen LogP contribution in [0.15, 0.2) is 55.1 Å². The number of rotatable bonds is 7. The molecule has 1 aliphatic carbocycles. The first-order chi connectivity index (χ1) is 14.7. The molecule has 0 bridgehead atoms. The number of benzene rings is 2. The van der Waals surface area contributed by atoms with E-state index in [0.717, 1.165) is 39.0 Å². The van der Waals surface area contributed by atoms with Gasteiger partial charge in [0, 0.05) is 25.6 Å². The zero-order chi connectivity index (χ0) is 20.4. The van der Waals surface area contributed by atoms with Gasteiger partial charge in [-0.2, -0.15) is 5.10 Å². The van der Waals surface area contributed by atoms with Crippen LogP contribution < -0.4 is 5.32 Å².